The Morgan fingerprint density at radius 3 is 2.48 bits per heavy atom. The number of carbonyl (C=O) groups is 1. The molecule has 0 spiro atoms. The normalized spacial score (nSPS) is 16.7. The summed E-state index contributed by atoms with van der Waals surface area (Å²) in [6, 6.07) is 3.01. The number of sulfonamides is 1. The molecule has 124 valence electrons. The number of nitrogens with two attached hydrogens (primary N) is 1. The molecule has 1 amide bonds. The number of nitrogens with zero attached hydrogens (tertiary/aromatic N) is 4. The number of carbonyl (C=O) groups excluding carboxylic acids is 1. The number of anilines is 1. The summed E-state index contributed by atoms with van der Waals surface area (Å²) < 4.78 is 31.3. The van der Waals surface area contributed by atoms with Crippen LogP contribution in [0, 0.1) is 0 Å². The monoisotopic (exact) mass is 377 g/mol. The van der Waals surface area contributed by atoms with Gasteiger partial charge < -0.3 is 10.6 Å². The second-order valence-electron chi connectivity index (χ2n) is 4.75. The number of amides is 1. The number of thiophene rings is 1. The highest BCUT2D eigenvalue weighted by atomic mass is 35.5. The molecule has 0 aliphatic carbocycles. The van der Waals surface area contributed by atoms with E-state index in [9.17, 15) is 13.2 Å². The topological polar surface area (TPSA) is 123 Å². The third kappa shape index (κ3) is 3.04. The van der Waals surface area contributed by atoms with Crippen molar-refractivity contribution in [3.8, 4) is 0 Å². The van der Waals surface area contributed by atoms with Crippen molar-refractivity contribution >= 4 is 44.7 Å². The summed E-state index contributed by atoms with van der Waals surface area (Å²) >= 11 is 6.79. The van der Waals surface area contributed by atoms with Gasteiger partial charge in [-0.1, -0.05) is 11.6 Å². The van der Waals surface area contributed by atoms with E-state index in [0.717, 1.165) is 11.3 Å². The van der Waals surface area contributed by atoms with Crippen LogP contribution in [0.2, 0.25) is 4.34 Å². The Balaban J connectivity index is 1.69. The second kappa shape index (κ2) is 6.07. The summed E-state index contributed by atoms with van der Waals surface area (Å²) in [5, 5.41) is 6.82. The van der Waals surface area contributed by atoms with Gasteiger partial charge in [0.25, 0.3) is 15.9 Å². The van der Waals surface area contributed by atoms with Gasteiger partial charge in [0.2, 0.25) is 11.5 Å². The molecule has 1 aliphatic rings. The van der Waals surface area contributed by atoms with E-state index in [1.54, 1.807) is 6.07 Å². The molecule has 0 aromatic carbocycles. The van der Waals surface area contributed by atoms with Gasteiger partial charge in [0, 0.05) is 26.2 Å². The highest BCUT2D eigenvalue weighted by molar-refractivity contribution is 7.91. The number of nitrogen functional groups attached to an aromatic ring is 1. The molecule has 1 saturated heterocycles. The van der Waals surface area contributed by atoms with Gasteiger partial charge in [0.05, 0.1) is 4.34 Å². The number of hydrogen-bond acceptors (Lipinski definition) is 8. The van der Waals surface area contributed by atoms with Gasteiger partial charge in [0.1, 0.15) is 4.21 Å². The third-order valence-electron chi connectivity index (χ3n) is 3.39. The van der Waals surface area contributed by atoms with Crippen LogP contribution < -0.4 is 5.73 Å². The van der Waals surface area contributed by atoms with Crippen molar-refractivity contribution in [3.63, 3.8) is 0 Å². The lowest BCUT2D eigenvalue weighted by Crippen LogP contribution is -2.50. The van der Waals surface area contributed by atoms with Crippen molar-refractivity contribution in [3.05, 3.63) is 22.2 Å². The molecule has 0 atom stereocenters. The maximum atomic E-state index is 12.5. The zero-order chi connectivity index (χ0) is 16.6. The van der Waals surface area contributed by atoms with Crippen molar-refractivity contribution in [2.45, 2.75) is 4.21 Å². The lowest BCUT2D eigenvalue weighted by Gasteiger charge is -2.33. The van der Waals surface area contributed by atoms with Crippen LogP contribution in [0.15, 0.2) is 21.0 Å². The van der Waals surface area contributed by atoms with E-state index in [4.69, 9.17) is 17.3 Å². The largest absolute Gasteiger partial charge is 0.379 e. The molecule has 0 bridgehead atoms. The first-order valence-electron chi connectivity index (χ1n) is 6.52. The van der Waals surface area contributed by atoms with Crippen LogP contribution in [0.1, 0.15) is 10.5 Å². The van der Waals surface area contributed by atoms with Crippen molar-refractivity contribution < 1.29 is 17.8 Å². The molecular formula is C11H12ClN5O4S2. The maximum absolute atomic E-state index is 12.5. The third-order valence-corrected chi connectivity index (χ3v) is 6.98. The zero-order valence-electron chi connectivity index (χ0n) is 11.7. The highest BCUT2D eigenvalue weighted by Crippen LogP contribution is 2.28. The van der Waals surface area contributed by atoms with Crippen LogP contribution in [-0.4, -0.2) is 60.0 Å². The molecule has 9 nitrogen and oxygen atoms in total. The molecule has 23 heavy (non-hydrogen) atoms. The van der Waals surface area contributed by atoms with Gasteiger partial charge in [-0.15, -0.1) is 11.3 Å². The summed E-state index contributed by atoms with van der Waals surface area (Å²) in [5.74, 6) is -0.516. The van der Waals surface area contributed by atoms with Crippen molar-refractivity contribution in [2.24, 2.45) is 0 Å². The number of aromatic nitrogens is 2. The first-order valence-corrected chi connectivity index (χ1v) is 9.16. The first kappa shape index (κ1) is 16.2. The van der Waals surface area contributed by atoms with Gasteiger partial charge in [-0.2, -0.15) is 4.31 Å². The molecule has 0 saturated carbocycles. The summed E-state index contributed by atoms with van der Waals surface area (Å²) in [6.07, 6.45) is 0. The molecular weight excluding hydrogens is 366 g/mol. The summed E-state index contributed by atoms with van der Waals surface area (Å²) in [5.41, 5.74) is 5.43. The van der Waals surface area contributed by atoms with E-state index in [1.807, 2.05) is 0 Å². The first-order chi connectivity index (χ1) is 10.9. The molecule has 0 unspecified atom stereocenters. The van der Waals surface area contributed by atoms with E-state index < -0.39 is 15.9 Å². The minimum absolute atomic E-state index is 0.0636. The predicted molar refractivity (Wildman–Crippen MR) is 82.7 cm³/mol. The van der Waals surface area contributed by atoms with Gasteiger partial charge in [0.15, 0.2) is 0 Å². The van der Waals surface area contributed by atoms with E-state index in [-0.39, 0.29) is 41.9 Å². The van der Waals surface area contributed by atoms with E-state index >= 15 is 0 Å². The Morgan fingerprint density at radius 2 is 1.96 bits per heavy atom. The van der Waals surface area contributed by atoms with Crippen molar-refractivity contribution in [2.75, 3.05) is 31.9 Å². The predicted octanol–water partition coefficient (Wildman–Crippen LogP) is 0.513. The smallest absolute Gasteiger partial charge is 0.280 e. The number of hydrogen-bond donors (Lipinski definition) is 1. The zero-order valence-corrected chi connectivity index (χ0v) is 14.1. The van der Waals surface area contributed by atoms with Crippen LogP contribution in [-0.2, 0) is 10.0 Å². The second-order valence-corrected chi connectivity index (χ2v) is 8.63. The van der Waals surface area contributed by atoms with Gasteiger partial charge in [-0.25, -0.2) is 13.0 Å². The van der Waals surface area contributed by atoms with Gasteiger partial charge in [-0.3, -0.25) is 4.79 Å². The molecule has 2 aromatic rings. The van der Waals surface area contributed by atoms with Crippen LogP contribution in [0.5, 0.6) is 0 Å². The Kier molecular flexibility index (Phi) is 4.27. The average Bonchev–Trinajstić information content (AvgIpc) is 3.15. The van der Waals surface area contributed by atoms with E-state index in [0.29, 0.717) is 4.34 Å². The molecule has 2 aromatic heterocycles. The number of halogens is 1. The number of piperazine rings is 1. The van der Waals surface area contributed by atoms with Crippen molar-refractivity contribution in [1.29, 1.82) is 0 Å². The van der Waals surface area contributed by atoms with Crippen molar-refractivity contribution in [1.82, 2.24) is 19.5 Å². The fourth-order valence-corrected chi connectivity index (χ4v) is 5.25. The standard InChI is InChI=1S/C11H12ClN5O4S2/c12-7-1-2-8(22-7)23(19,20)17-5-3-16(4-6-17)11(18)9-10(13)15-21-14-9/h1-2H,3-6H2,(H2,13,15). The molecule has 3 rings (SSSR count). The van der Waals surface area contributed by atoms with E-state index in [2.05, 4.69) is 14.9 Å². The average molecular weight is 378 g/mol. The molecule has 1 fully saturated rings. The fourth-order valence-electron chi connectivity index (χ4n) is 2.19. The summed E-state index contributed by atoms with van der Waals surface area (Å²) in [6.45, 7) is 0.802. The Labute approximate surface area is 140 Å². The van der Waals surface area contributed by atoms with E-state index in [1.165, 1.54) is 15.3 Å². The van der Waals surface area contributed by atoms with Crippen LogP contribution >= 0.6 is 22.9 Å². The Morgan fingerprint density at radius 1 is 1.26 bits per heavy atom. The molecule has 0 radical (unpaired) electrons. The Hall–Kier alpha value is -1.69. The molecule has 12 heteroatoms. The van der Waals surface area contributed by atoms with Gasteiger partial charge >= 0.3 is 0 Å². The minimum atomic E-state index is -3.59. The fraction of sp³-hybridized carbons (Fsp3) is 0.364. The SMILES string of the molecule is Nc1nonc1C(=O)N1CCN(S(=O)(=O)c2ccc(Cl)s2)CC1. The molecule has 2 N–H and O–H groups in total. The van der Waals surface area contributed by atoms with Crippen LogP contribution in [0.3, 0.4) is 0 Å². The van der Waals surface area contributed by atoms with Crippen LogP contribution in [0.25, 0.3) is 0 Å². The van der Waals surface area contributed by atoms with Crippen LogP contribution in [0.4, 0.5) is 5.82 Å². The lowest BCUT2D eigenvalue weighted by molar-refractivity contribution is 0.0687. The maximum Gasteiger partial charge on any atom is 0.280 e. The summed E-state index contributed by atoms with van der Waals surface area (Å²) in [4.78, 5) is 13.7. The quantitative estimate of drug-likeness (QED) is 0.826. The lowest BCUT2D eigenvalue weighted by atomic mass is 10.3. The Bertz CT molecular complexity index is 825. The number of rotatable bonds is 3. The molecule has 3 heterocycles. The molecule has 1 aliphatic heterocycles. The minimum Gasteiger partial charge on any atom is -0.379 e. The highest BCUT2D eigenvalue weighted by Gasteiger charge is 2.32. The van der Waals surface area contributed by atoms with Gasteiger partial charge in [-0.05, 0) is 22.4 Å². The summed E-state index contributed by atoms with van der Waals surface area (Å²) in [7, 11) is -3.59.